The molecule has 0 N–H and O–H groups in total. The van der Waals surface area contributed by atoms with Crippen molar-refractivity contribution in [1.82, 2.24) is 9.21 Å². The Bertz CT molecular complexity index is 815. The number of benzene rings is 1. The third-order valence-corrected chi connectivity index (χ3v) is 8.12. The molecule has 2 heterocycles. The zero-order valence-electron chi connectivity index (χ0n) is 13.3. The molecular formula is C16H17FN2O3S3. The van der Waals surface area contributed by atoms with Gasteiger partial charge in [0.05, 0.1) is 5.75 Å². The van der Waals surface area contributed by atoms with Crippen molar-refractivity contribution >= 4 is 39.0 Å². The van der Waals surface area contributed by atoms with Crippen LogP contribution in [0.15, 0.2) is 50.9 Å². The van der Waals surface area contributed by atoms with E-state index in [2.05, 4.69) is 0 Å². The Balaban J connectivity index is 1.51. The highest BCUT2D eigenvalue weighted by Crippen LogP contribution is 2.23. The van der Waals surface area contributed by atoms with Crippen LogP contribution >= 0.6 is 23.1 Å². The lowest BCUT2D eigenvalue weighted by molar-refractivity contribution is -0.129. The van der Waals surface area contributed by atoms with Gasteiger partial charge >= 0.3 is 0 Å². The van der Waals surface area contributed by atoms with Gasteiger partial charge < -0.3 is 4.90 Å². The second-order valence-corrected chi connectivity index (χ2v) is 9.62. The Morgan fingerprint density at radius 2 is 1.80 bits per heavy atom. The molecule has 1 aromatic heterocycles. The first-order valence-electron chi connectivity index (χ1n) is 7.66. The van der Waals surface area contributed by atoms with Gasteiger partial charge in [0.1, 0.15) is 10.0 Å². The molecule has 1 aliphatic rings. The fraction of sp³-hybridized carbons (Fsp3) is 0.312. The van der Waals surface area contributed by atoms with Gasteiger partial charge in [0.15, 0.2) is 0 Å². The second-order valence-electron chi connectivity index (χ2n) is 5.46. The number of piperazine rings is 1. The van der Waals surface area contributed by atoms with Gasteiger partial charge in [-0.15, -0.1) is 23.1 Å². The minimum absolute atomic E-state index is 0.0394. The quantitative estimate of drug-likeness (QED) is 0.724. The molecule has 0 aliphatic carbocycles. The smallest absolute Gasteiger partial charge is 0.252 e. The zero-order valence-corrected chi connectivity index (χ0v) is 15.7. The maximum atomic E-state index is 12.9. The number of thioether (sulfide) groups is 1. The molecule has 0 bridgehead atoms. The average Bonchev–Trinajstić information content (AvgIpc) is 3.16. The summed E-state index contributed by atoms with van der Waals surface area (Å²) in [7, 11) is -3.45. The van der Waals surface area contributed by atoms with E-state index >= 15 is 0 Å². The van der Waals surface area contributed by atoms with Gasteiger partial charge in [-0.3, -0.25) is 4.79 Å². The molecule has 1 amide bonds. The van der Waals surface area contributed by atoms with Crippen LogP contribution in [0.4, 0.5) is 4.39 Å². The normalized spacial score (nSPS) is 16.1. The van der Waals surface area contributed by atoms with Crippen LogP contribution in [0, 0.1) is 5.82 Å². The molecule has 0 atom stereocenters. The van der Waals surface area contributed by atoms with E-state index in [1.807, 2.05) is 0 Å². The molecule has 134 valence electrons. The van der Waals surface area contributed by atoms with Crippen molar-refractivity contribution < 1.29 is 17.6 Å². The van der Waals surface area contributed by atoms with Crippen molar-refractivity contribution in [2.24, 2.45) is 0 Å². The first-order valence-corrected chi connectivity index (χ1v) is 11.0. The molecule has 9 heteroatoms. The average molecular weight is 401 g/mol. The zero-order chi connectivity index (χ0) is 17.9. The molecule has 25 heavy (non-hydrogen) atoms. The number of hydrogen-bond donors (Lipinski definition) is 0. The van der Waals surface area contributed by atoms with Crippen LogP contribution < -0.4 is 0 Å². The monoisotopic (exact) mass is 400 g/mol. The lowest BCUT2D eigenvalue weighted by Crippen LogP contribution is -2.50. The SMILES string of the molecule is O=C(CSc1ccc(F)cc1)N1CCN(S(=O)(=O)c2cccs2)CC1. The number of carbonyl (C=O) groups is 1. The second kappa shape index (κ2) is 7.86. The maximum absolute atomic E-state index is 12.9. The highest BCUT2D eigenvalue weighted by molar-refractivity contribution is 8.00. The Labute approximate surface area is 154 Å². The fourth-order valence-corrected chi connectivity index (χ4v) is 5.85. The molecule has 0 saturated carbocycles. The standard InChI is InChI=1S/C16H17FN2O3S3/c17-13-3-5-14(6-4-13)24-12-15(20)18-7-9-19(10-8-18)25(21,22)16-2-1-11-23-16/h1-6,11H,7-10,12H2. The van der Waals surface area contributed by atoms with Gasteiger partial charge in [-0.05, 0) is 35.7 Å². The van der Waals surface area contributed by atoms with Crippen LogP contribution in [0.2, 0.25) is 0 Å². The predicted octanol–water partition coefficient (Wildman–Crippen LogP) is 2.51. The van der Waals surface area contributed by atoms with Gasteiger partial charge in [0.25, 0.3) is 10.0 Å². The van der Waals surface area contributed by atoms with E-state index in [-0.39, 0.29) is 17.5 Å². The molecule has 0 unspecified atom stereocenters. The van der Waals surface area contributed by atoms with E-state index in [9.17, 15) is 17.6 Å². The maximum Gasteiger partial charge on any atom is 0.252 e. The van der Waals surface area contributed by atoms with Crippen molar-refractivity contribution in [3.8, 4) is 0 Å². The molecule has 3 rings (SSSR count). The van der Waals surface area contributed by atoms with E-state index in [0.717, 1.165) is 4.90 Å². The molecule has 2 aromatic rings. The highest BCUT2D eigenvalue weighted by Gasteiger charge is 2.30. The third-order valence-electron chi connectivity index (χ3n) is 3.86. The Morgan fingerprint density at radius 1 is 1.12 bits per heavy atom. The number of amides is 1. The molecule has 5 nitrogen and oxygen atoms in total. The predicted molar refractivity (Wildman–Crippen MR) is 96.8 cm³/mol. The lowest BCUT2D eigenvalue weighted by Gasteiger charge is -2.33. The van der Waals surface area contributed by atoms with Crippen LogP contribution in [-0.4, -0.2) is 55.5 Å². The summed E-state index contributed by atoms with van der Waals surface area (Å²) in [5.41, 5.74) is 0. The first-order chi connectivity index (χ1) is 12.0. The number of thiophene rings is 1. The lowest BCUT2D eigenvalue weighted by atomic mass is 10.3. The van der Waals surface area contributed by atoms with Gasteiger partial charge in [-0.2, -0.15) is 4.31 Å². The van der Waals surface area contributed by atoms with Crippen LogP contribution in [0.1, 0.15) is 0 Å². The minimum atomic E-state index is -3.45. The number of sulfonamides is 1. The van der Waals surface area contributed by atoms with Crippen LogP contribution in [-0.2, 0) is 14.8 Å². The van der Waals surface area contributed by atoms with Crippen molar-refractivity contribution in [3.05, 3.63) is 47.6 Å². The molecule has 1 fully saturated rings. The van der Waals surface area contributed by atoms with Crippen LogP contribution in [0.5, 0.6) is 0 Å². The number of nitrogens with zero attached hydrogens (tertiary/aromatic N) is 2. The molecule has 0 radical (unpaired) electrons. The van der Waals surface area contributed by atoms with Crippen molar-refractivity contribution in [2.45, 2.75) is 9.10 Å². The molecule has 1 aromatic carbocycles. The summed E-state index contributed by atoms with van der Waals surface area (Å²) in [6.45, 7) is 1.36. The minimum Gasteiger partial charge on any atom is -0.339 e. The summed E-state index contributed by atoms with van der Waals surface area (Å²) in [6.07, 6.45) is 0. The third kappa shape index (κ3) is 4.41. The van der Waals surface area contributed by atoms with Crippen LogP contribution in [0.25, 0.3) is 0 Å². The Hall–Kier alpha value is -1.42. The van der Waals surface area contributed by atoms with E-state index in [1.165, 1.54) is 39.5 Å². The number of hydrogen-bond acceptors (Lipinski definition) is 5. The summed E-state index contributed by atoms with van der Waals surface area (Å²) in [6, 6.07) is 9.31. The highest BCUT2D eigenvalue weighted by atomic mass is 32.2. The summed E-state index contributed by atoms with van der Waals surface area (Å²) < 4.78 is 39.6. The first kappa shape index (κ1) is 18.4. The molecule has 1 aliphatic heterocycles. The topological polar surface area (TPSA) is 57.7 Å². The molecule has 0 spiro atoms. The van der Waals surface area contributed by atoms with E-state index in [0.29, 0.717) is 30.4 Å². The van der Waals surface area contributed by atoms with E-state index in [4.69, 9.17) is 0 Å². The summed E-state index contributed by atoms with van der Waals surface area (Å²) >= 11 is 2.54. The van der Waals surface area contributed by atoms with Crippen molar-refractivity contribution in [2.75, 3.05) is 31.9 Å². The largest absolute Gasteiger partial charge is 0.339 e. The summed E-state index contributed by atoms with van der Waals surface area (Å²) in [4.78, 5) is 14.8. The Morgan fingerprint density at radius 3 is 2.40 bits per heavy atom. The van der Waals surface area contributed by atoms with Crippen LogP contribution in [0.3, 0.4) is 0 Å². The molecule has 1 saturated heterocycles. The summed E-state index contributed by atoms with van der Waals surface area (Å²) in [5.74, 6) is -0.0928. The summed E-state index contributed by atoms with van der Waals surface area (Å²) in [5, 5.41) is 1.74. The van der Waals surface area contributed by atoms with E-state index in [1.54, 1.807) is 34.5 Å². The van der Waals surface area contributed by atoms with Gasteiger partial charge in [-0.25, -0.2) is 12.8 Å². The van der Waals surface area contributed by atoms with Crippen molar-refractivity contribution in [1.29, 1.82) is 0 Å². The molecular weight excluding hydrogens is 383 g/mol. The Kier molecular flexibility index (Phi) is 5.78. The van der Waals surface area contributed by atoms with E-state index < -0.39 is 10.0 Å². The van der Waals surface area contributed by atoms with Crippen molar-refractivity contribution in [3.63, 3.8) is 0 Å². The number of halogens is 1. The van der Waals surface area contributed by atoms with Gasteiger partial charge in [0.2, 0.25) is 5.91 Å². The fourth-order valence-electron chi connectivity index (χ4n) is 2.48. The van der Waals surface area contributed by atoms with Gasteiger partial charge in [-0.1, -0.05) is 6.07 Å². The van der Waals surface area contributed by atoms with Gasteiger partial charge in [0, 0.05) is 31.1 Å². The number of rotatable bonds is 5. The number of carbonyl (C=O) groups excluding carboxylic acids is 1.